The highest BCUT2D eigenvalue weighted by Crippen LogP contribution is 2.47. The molecule has 0 fully saturated rings. The zero-order valence-corrected chi connectivity index (χ0v) is 18.1. The lowest BCUT2D eigenvalue weighted by molar-refractivity contribution is -0.137. The van der Waals surface area contributed by atoms with E-state index >= 15 is 0 Å². The van der Waals surface area contributed by atoms with Gasteiger partial charge in [-0.15, -0.1) is 0 Å². The number of benzene rings is 2. The molecule has 2 aromatic carbocycles. The third-order valence-corrected chi connectivity index (χ3v) is 5.97. The van der Waals surface area contributed by atoms with E-state index in [4.69, 9.17) is 5.73 Å². The van der Waals surface area contributed by atoms with E-state index in [1.54, 1.807) is 13.8 Å². The Morgan fingerprint density at radius 1 is 1.29 bits per heavy atom. The third-order valence-electron chi connectivity index (χ3n) is 4.58. The Kier molecular flexibility index (Phi) is 6.79. The number of halogens is 2. The largest absolute Gasteiger partial charge is 0.396 e. The van der Waals surface area contributed by atoms with Crippen molar-refractivity contribution in [2.75, 3.05) is 13.7 Å². The number of carbonyl (C=O) groups excluding carboxylic acids is 1. The zero-order valence-electron chi connectivity index (χ0n) is 17.3. The number of oxime groups is 1. The second-order valence-electron chi connectivity index (χ2n) is 7.10. The van der Waals surface area contributed by atoms with Gasteiger partial charge < -0.3 is 15.9 Å². The van der Waals surface area contributed by atoms with E-state index < -0.39 is 22.4 Å². The summed E-state index contributed by atoms with van der Waals surface area (Å²) in [5, 5.41) is 12.5. The first-order valence-electron chi connectivity index (χ1n) is 9.51. The van der Waals surface area contributed by atoms with Crippen LogP contribution >= 0.6 is 11.8 Å². The van der Waals surface area contributed by atoms with Gasteiger partial charge in [0.15, 0.2) is 4.87 Å². The molecule has 0 aromatic heterocycles. The molecule has 0 aliphatic carbocycles. The smallest absolute Gasteiger partial charge is 0.246 e. The lowest BCUT2D eigenvalue weighted by Gasteiger charge is -2.36. The summed E-state index contributed by atoms with van der Waals surface area (Å²) >= 11 is 1.14. The van der Waals surface area contributed by atoms with Crippen LogP contribution in [0, 0.1) is 17.6 Å². The monoisotopic (exact) mass is 447 g/mol. The SMILES string of the molecule is CO/N=C(\N)NCC1(c2ccccc2)SC(c2cc(F)ccc2F)=NN1C(=O)C(C)C. The molecule has 3 N–H and O–H groups in total. The minimum absolute atomic E-state index is 0.000683. The van der Waals surface area contributed by atoms with E-state index in [1.807, 2.05) is 30.3 Å². The van der Waals surface area contributed by atoms with E-state index in [9.17, 15) is 13.6 Å². The summed E-state index contributed by atoms with van der Waals surface area (Å²) in [6, 6.07) is 12.3. The first kappa shape index (κ1) is 22.5. The minimum Gasteiger partial charge on any atom is -0.396 e. The van der Waals surface area contributed by atoms with Gasteiger partial charge in [-0.3, -0.25) is 4.79 Å². The molecule has 0 bridgehead atoms. The van der Waals surface area contributed by atoms with Gasteiger partial charge in [0, 0.05) is 11.5 Å². The number of rotatable bonds is 6. The molecule has 164 valence electrons. The van der Waals surface area contributed by atoms with Crippen LogP contribution in [0.3, 0.4) is 0 Å². The molecule has 1 amide bonds. The summed E-state index contributed by atoms with van der Waals surface area (Å²) in [6.45, 7) is 3.57. The summed E-state index contributed by atoms with van der Waals surface area (Å²) in [5.41, 5.74) is 6.52. The Morgan fingerprint density at radius 3 is 2.65 bits per heavy atom. The molecule has 1 aliphatic heterocycles. The molecule has 2 aromatic rings. The van der Waals surface area contributed by atoms with Crippen LogP contribution in [-0.2, 0) is 14.5 Å². The number of hydrogen-bond acceptors (Lipinski definition) is 5. The molecule has 1 unspecified atom stereocenters. The van der Waals surface area contributed by atoms with E-state index in [0.717, 1.165) is 35.5 Å². The van der Waals surface area contributed by atoms with Crippen molar-refractivity contribution in [3.8, 4) is 0 Å². The van der Waals surface area contributed by atoms with Crippen molar-refractivity contribution >= 4 is 28.7 Å². The molecule has 1 atom stereocenters. The first-order valence-corrected chi connectivity index (χ1v) is 10.3. The van der Waals surface area contributed by atoms with Gasteiger partial charge in [0.25, 0.3) is 0 Å². The fraction of sp³-hybridized carbons (Fsp3) is 0.286. The molecule has 0 saturated heterocycles. The molecule has 31 heavy (non-hydrogen) atoms. The Bertz CT molecular complexity index is 1020. The summed E-state index contributed by atoms with van der Waals surface area (Å²) in [4.78, 5) is 16.7. The Labute approximate surface area is 183 Å². The minimum atomic E-state index is -1.12. The van der Waals surface area contributed by atoms with Crippen molar-refractivity contribution < 1.29 is 18.4 Å². The number of carbonyl (C=O) groups is 1. The summed E-state index contributed by atoms with van der Waals surface area (Å²) < 4.78 is 28.4. The average Bonchev–Trinajstić information content (AvgIpc) is 3.15. The maximum atomic E-state index is 14.5. The Hall–Kier alpha value is -3.14. The van der Waals surface area contributed by atoms with Crippen molar-refractivity contribution in [2.45, 2.75) is 18.7 Å². The third kappa shape index (κ3) is 4.63. The predicted octanol–water partition coefficient (Wildman–Crippen LogP) is 3.18. The molecule has 0 spiro atoms. The highest BCUT2D eigenvalue weighted by Gasteiger charge is 2.49. The highest BCUT2D eigenvalue weighted by molar-refractivity contribution is 8.15. The molecule has 0 radical (unpaired) electrons. The number of amides is 1. The van der Waals surface area contributed by atoms with Crippen LogP contribution in [0.5, 0.6) is 0 Å². The van der Waals surface area contributed by atoms with Gasteiger partial charge in [-0.1, -0.05) is 55.9 Å². The van der Waals surface area contributed by atoms with Gasteiger partial charge in [0.2, 0.25) is 11.9 Å². The lowest BCUT2D eigenvalue weighted by Crippen LogP contribution is -2.51. The quantitative estimate of drug-likeness (QED) is 0.403. The Balaban J connectivity index is 2.14. The lowest BCUT2D eigenvalue weighted by atomic mass is 10.0. The standard InChI is InChI=1S/C21H23F2N5O2S/c1-13(2)19(29)28-21(12-25-20(24)27-30-3,14-7-5-4-6-8-14)31-18(26-28)16-11-15(22)9-10-17(16)23/h4-11,13H,12H2,1-3H3,(H3,24,25,27). The van der Waals surface area contributed by atoms with Gasteiger partial charge in [-0.2, -0.15) is 5.10 Å². The van der Waals surface area contributed by atoms with Crippen molar-refractivity contribution in [2.24, 2.45) is 21.9 Å². The fourth-order valence-corrected chi connectivity index (χ4v) is 4.40. The van der Waals surface area contributed by atoms with Crippen LogP contribution in [0.15, 0.2) is 58.8 Å². The van der Waals surface area contributed by atoms with Crippen molar-refractivity contribution in [1.29, 1.82) is 0 Å². The van der Waals surface area contributed by atoms with Gasteiger partial charge in [-0.05, 0) is 28.9 Å². The van der Waals surface area contributed by atoms with Crippen LogP contribution in [0.25, 0.3) is 0 Å². The molecule has 1 heterocycles. The van der Waals surface area contributed by atoms with Gasteiger partial charge >= 0.3 is 0 Å². The van der Waals surface area contributed by atoms with E-state index in [2.05, 4.69) is 20.4 Å². The molecule has 10 heteroatoms. The normalized spacial score (nSPS) is 18.8. The average molecular weight is 448 g/mol. The van der Waals surface area contributed by atoms with Crippen LogP contribution in [0.1, 0.15) is 25.0 Å². The molecular formula is C21H23F2N5O2S. The van der Waals surface area contributed by atoms with E-state index in [1.165, 1.54) is 12.1 Å². The first-order chi connectivity index (χ1) is 14.8. The Morgan fingerprint density at radius 2 is 2.00 bits per heavy atom. The van der Waals surface area contributed by atoms with Crippen molar-refractivity contribution in [1.82, 2.24) is 10.3 Å². The number of hydrogen-bond donors (Lipinski definition) is 2. The van der Waals surface area contributed by atoms with Crippen LogP contribution in [0.4, 0.5) is 8.78 Å². The van der Waals surface area contributed by atoms with Crippen molar-refractivity contribution in [3.63, 3.8) is 0 Å². The number of thioether (sulfide) groups is 1. The molecule has 7 nitrogen and oxygen atoms in total. The van der Waals surface area contributed by atoms with Crippen LogP contribution in [-0.4, -0.2) is 35.6 Å². The summed E-state index contributed by atoms with van der Waals surface area (Å²) in [5.74, 6) is -1.92. The topological polar surface area (TPSA) is 92.3 Å². The molecule has 0 saturated carbocycles. The number of nitrogens with two attached hydrogens (primary N) is 1. The fourth-order valence-electron chi connectivity index (χ4n) is 3.07. The maximum absolute atomic E-state index is 14.5. The number of hydrazone groups is 1. The van der Waals surface area contributed by atoms with Crippen molar-refractivity contribution in [3.05, 3.63) is 71.3 Å². The van der Waals surface area contributed by atoms with Crippen LogP contribution in [0.2, 0.25) is 0 Å². The highest BCUT2D eigenvalue weighted by atomic mass is 32.2. The predicted molar refractivity (Wildman–Crippen MR) is 117 cm³/mol. The number of guanidine groups is 1. The van der Waals surface area contributed by atoms with Gasteiger partial charge in [0.1, 0.15) is 23.8 Å². The molecule has 3 rings (SSSR count). The van der Waals surface area contributed by atoms with Gasteiger partial charge in [0.05, 0.1) is 6.54 Å². The van der Waals surface area contributed by atoms with Gasteiger partial charge in [-0.25, -0.2) is 13.8 Å². The van der Waals surface area contributed by atoms with Crippen LogP contribution < -0.4 is 11.1 Å². The second kappa shape index (κ2) is 9.34. The molecule has 1 aliphatic rings. The second-order valence-corrected chi connectivity index (χ2v) is 8.37. The number of nitrogens with zero attached hydrogens (tertiary/aromatic N) is 3. The number of nitrogens with one attached hydrogen (secondary N) is 1. The summed E-state index contributed by atoms with van der Waals surface area (Å²) in [7, 11) is 1.36. The summed E-state index contributed by atoms with van der Waals surface area (Å²) in [6.07, 6.45) is 0. The molecular weight excluding hydrogens is 424 g/mol. The maximum Gasteiger partial charge on any atom is 0.246 e. The van der Waals surface area contributed by atoms with E-state index in [-0.39, 0.29) is 29.0 Å². The van der Waals surface area contributed by atoms with E-state index in [0.29, 0.717) is 0 Å². The zero-order chi connectivity index (χ0) is 22.6.